The first kappa shape index (κ1) is 10.5. The Bertz CT molecular complexity index is 529. The average molecular weight is 218 g/mol. The lowest BCUT2D eigenvalue weighted by molar-refractivity contribution is -0.141. The van der Waals surface area contributed by atoms with Crippen molar-refractivity contribution in [1.29, 1.82) is 0 Å². The van der Waals surface area contributed by atoms with Crippen molar-refractivity contribution in [3.05, 3.63) is 30.5 Å². The fraction of sp³-hybridized carbons (Fsp3) is 0.250. The van der Waals surface area contributed by atoms with Crippen LogP contribution in [-0.2, 0) is 4.79 Å². The predicted octanol–water partition coefficient (Wildman–Crippen LogP) is 2.44. The fourth-order valence-electron chi connectivity index (χ4n) is 1.57. The standard InChI is InChI=1S/C12H14N2O2/c1-12(2,11(15)16)14-10-7-13-9-6-4-3-5-8(9)10/h3-7,13-14H,1-2H3,(H,15,16). The first-order chi connectivity index (χ1) is 7.50. The summed E-state index contributed by atoms with van der Waals surface area (Å²) in [5.74, 6) is -0.877. The van der Waals surface area contributed by atoms with Gasteiger partial charge in [-0.05, 0) is 19.9 Å². The maximum absolute atomic E-state index is 11.0. The van der Waals surface area contributed by atoms with Crippen LogP contribution in [0.4, 0.5) is 5.69 Å². The Balaban J connectivity index is 2.38. The Labute approximate surface area is 93.3 Å². The Kier molecular flexibility index (Phi) is 2.34. The number of anilines is 1. The number of para-hydroxylation sites is 1. The molecule has 0 aliphatic heterocycles. The third kappa shape index (κ3) is 1.74. The SMILES string of the molecule is CC(C)(Nc1c[nH]c2ccccc12)C(=O)O. The van der Waals surface area contributed by atoms with Crippen molar-refractivity contribution in [2.75, 3.05) is 5.32 Å². The Morgan fingerprint density at radius 1 is 1.38 bits per heavy atom. The third-order valence-corrected chi connectivity index (χ3v) is 2.57. The molecule has 4 heteroatoms. The molecule has 0 unspecified atom stereocenters. The maximum atomic E-state index is 11.0. The first-order valence-electron chi connectivity index (χ1n) is 5.08. The number of carbonyl (C=O) groups is 1. The van der Waals surface area contributed by atoms with E-state index in [1.54, 1.807) is 20.0 Å². The number of nitrogens with one attached hydrogen (secondary N) is 2. The molecule has 0 spiro atoms. The monoisotopic (exact) mass is 218 g/mol. The molecule has 0 bridgehead atoms. The third-order valence-electron chi connectivity index (χ3n) is 2.57. The second-order valence-electron chi connectivity index (χ2n) is 4.30. The zero-order valence-electron chi connectivity index (χ0n) is 9.24. The second kappa shape index (κ2) is 3.56. The van der Waals surface area contributed by atoms with Crippen LogP contribution in [0.15, 0.2) is 30.5 Å². The van der Waals surface area contributed by atoms with Gasteiger partial charge >= 0.3 is 5.97 Å². The van der Waals surface area contributed by atoms with Gasteiger partial charge in [0.1, 0.15) is 5.54 Å². The quantitative estimate of drug-likeness (QED) is 0.741. The smallest absolute Gasteiger partial charge is 0.328 e. The Morgan fingerprint density at radius 2 is 2.06 bits per heavy atom. The van der Waals surface area contributed by atoms with Crippen molar-refractivity contribution in [3.63, 3.8) is 0 Å². The van der Waals surface area contributed by atoms with E-state index < -0.39 is 11.5 Å². The van der Waals surface area contributed by atoms with Gasteiger partial charge in [0.15, 0.2) is 0 Å². The molecule has 2 rings (SSSR count). The molecule has 3 N–H and O–H groups in total. The average Bonchev–Trinajstić information content (AvgIpc) is 2.61. The van der Waals surface area contributed by atoms with E-state index in [0.29, 0.717) is 0 Å². The molecule has 1 heterocycles. The normalized spacial score (nSPS) is 11.6. The van der Waals surface area contributed by atoms with Crippen molar-refractivity contribution in [2.24, 2.45) is 0 Å². The maximum Gasteiger partial charge on any atom is 0.328 e. The number of rotatable bonds is 3. The molecule has 0 amide bonds. The summed E-state index contributed by atoms with van der Waals surface area (Å²) in [6, 6.07) is 7.76. The van der Waals surface area contributed by atoms with Crippen LogP contribution in [0.25, 0.3) is 10.9 Å². The number of hydrogen-bond acceptors (Lipinski definition) is 2. The van der Waals surface area contributed by atoms with Gasteiger partial charge in [-0.1, -0.05) is 18.2 Å². The van der Waals surface area contributed by atoms with E-state index in [0.717, 1.165) is 16.6 Å². The number of carboxylic acids is 1. The molecular weight excluding hydrogens is 204 g/mol. The van der Waals surface area contributed by atoms with Crippen LogP contribution in [0.2, 0.25) is 0 Å². The van der Waals surface area contributed by atoms with Crippen LogP contribution < -0.4 is 5.32 Å². The Hall–Kier alpha value is -1.97. The van der Waals surface area contributed by atoms with Crippen molar-refractivity contribution in [2.45, 2.75) is 19.4 Å². The highest BCUT2D eigenvalue weighted by molar-refractivity contribution is 5.94. The highest BCUT2D eigenvalue weighted by Crippen LogP contribution is 2.25. The zero-order chi connectivity index (χ0) is 11.8. The van der Waals surface area contributed by atoms with E-state index in [4.69, 9.17) is 5.11 Å². The minimum absolute atomic E-state index is 0.808. The van der Waals surface area contributed by atoms with Gasteiger partial charge in [0, 0.05) is 17.1 Å². The lowest BCUT2D eigenvalue weighted by atomic mass is 10.1. The summed E-state index contributed by atoms with van der Waals surface area (Å²) in [4.78, 5) is 14.1. The summed E-state index contributed by atoms with van der Waals surface area (Å²) in [5.41, 5.74) is 0.819. The largest absolute Gasteiger partial charge is 0.480 e. The molecule has 1 aromatic heterocycles. The second-order valence-corrected chi connectivity index (χ2v) is 4.30. The van der Waals surface area contributed by atoms with Crippen molar-refractivity contribution in [1.82, 2.24) is 4.98 Å². The molecule has 0 atom stereocenters. The number of carboxylic acid groups (broad SMARTS) is 1. The molecule has 0 aliphatic carbocycles. The molecule has 0 aliphatic rings. The number of aromatic nitrogens is 1. The number of aliphatic carboxylic acids is 1. The van der Waals surface area contributed by atoms with Gasteiger partial charge in [-0.25, -0.2) is 4.79 Å². The Morgan fingerprint density at radius 3 is 2.75 bits per heavy atom. The number of aromatic amines is 1. The van der Waals surface area contributed by atoms with E-state index in [1.807, 2.05) is 24.3 Å². The predicted molar refractivity (Wildman–Crippen MR) is 63.6 cm³/mol. The zero-order valence-corrected chi connectivity index (χ0v) is 9.24. The van der Waals surface area contributed by atoms with Crippen molar-refractivity contribution in [3.8, 4) is 0 Å². The fourth-order valence-corrected chi connectivity index (χ4v) is 1.57. The molecule has 2 aromatic rings. The topological polar surface area (TPSA) is 65.1 Å². The van der Waals surface area contributed by atoms with Gasteiger partial charge in [-0.2, -0.15) is 0 Å². The molecule has 1 aromatic carbocycles. The summed E-state index contributed by atoms with van der Waals surface area (Å²) in [5, 5.41) is 13.0. The molecule has 0 fully saturated rings. The number of hydrogen-bond donors (Lipinski definition) is 3. The van der Waals surface area contributed by atoms with Gasteiger partial charge in [0.05, 0.1) is 5.69 Å². The number of fused-ring (bicyclic) bond motifs is 1. The van der Waals surface area contributed by atoms with Crippen LogP contribution in [0.1, 0.15) is 13.8 Å². The van der Waals surface area contributed by atoms with Crippen LogP contribution in [0, 0.1) is 0 Å². The summed E-state index contributed by atoms with van der Waals surface area (Å²) in [6.07, 6.45) is 1.79. The van der Waals surface area contributed by atoms with Gasteiger partial charge in [-0.15, -0.1) is 0 Å². The lowest BCUT2D eigenvalue weighted by Gasteiger charge is -2.21. The molecule has 0 saturated carbocycles. The summed E-state index contributed by atoms with van der Waals surface area (Å²) in [7, 11) is 0. The van der Waals surface area contributed by atoms with Gasteiger partial charge in [0.2, 0.25) is 0 Å². The molecule has 84 valence electrons. The first-order valence-corrected chi connectivity index (χ1v) is 5.08. The summed E-state index contributed by atoms with van der Waals surface area (Å²) < 4.78 is 0. The molecule has 0 radical (unpaired) electrons. The summed E-state index contributed by atoms with van der Waals surface area (Å²) >= 11 is 0. The van der Waals surface area contributed by atoms with E-state index in [1.165, 1.54) is 0 Å². The molecular formula is C12H14N2O2. The number of H-pyrrole nitrogens is 1. The van der Waals surface area contributed by atoms with Crippen LogP contribution >= 0.6 is 0 Å². The van der Waals surface area contributed by atoms with Gasteiger partial charge < -0.3 is 15.4 Å². The molecule has 0 saturated heterocycles. The van der Waals surface area contributed by atoms with Gasteiger partial charge in [0.25, 0.3) is 0 Å². The van der Waals surface area contributed by atoms with Crippen LogP contribution in [0.5, 0.6) is 0 Å². The van der Waals surface area contributed by atoms with Crippen LogP contribution in [-0.4, -0.2) is 21.6 Å². The van der Waals surface area contributed by atoms with Gasteiger partial charge in [-0.3, -0.25) is 0 Å². The minimum Gasteiger partial charge on any atom is -0.480 e. The molecule has 16 heavy (non-hydrogen) atoms. The number of benzene rings is 1. The highest BCUT2D eigenvalue weighted by atomic mass is 16.4. The van der Waals surface area contributed by atoms with Crippen molar-refractivity contribution < 1.29 is 9.90 Å². The molecule has 4 nitrogen and oxygen atoms in total. The minimum atomic E-state index is -0.981. The lowest BCUT2D eigenvalue weighted by Crippen LogP contribution is -2.39. The van der Waals surface area contributed by atoms with E-state index in [-0.39, 0.29) is 0 Å². The van der Waals surface area contributed by atoms with Crippen LogP contribution in [0.3, 0.4) is 0 Å². The van der Waals surface area contributed by atoms with Crippen molar-refractivity contribution >= 4 is 22.6 Å². The van der Waals surface area contributed by atoms with E-state index in [2.05, 4.69) is 10.3 Å². The van der Waals surface area contributed by atoms with E-state index in [9.17, 15) is 4.79 Å². The van der Waals surface area contributed by atoms with E-state index >= 15 is 0 Å². The summed E-state index contributed by atoms with van der Waals surface area (Å²) in [6.45, 7) is 3.27. The highest BCUT2D eigenvalue weighted by Gasteiger charge is 2.27.